The van der Waals surface area contributed by atoms with Crippen molar-refractivity contribution in [2.24, 2.45) is 5.92 Å². The van der Waals surface area contributed by atoms with Crippen molar-refractivity contribution in [3.63, 3.8) is 0 Å². The maximum atomic E-state index is 12.7. The van der Waals surface area contributed by atoms with Crippen LogP contribution in [0.4, 0.5) is 0 Å². The summed E-state index contributed by atoms with van der Waals surface area (Å²) in [6.45, 7) is 7.94. The number of ether oxygens (including phenoxy) is 2. The fourth-order valence-corrected chi connectivity index (χ4v) is 4.67. The normalized spacial score (nSPS) is 22.1. The minimum atomic E-state index is -0.190. The number of amides is 1. The van der Waals surface area contributed by atoms with E-state index < -0.39 is 0 Å². The van der Waals surface area contributed by atoms with Gasteiger partial charge in [-0.3, -0.25) is 14.5 Å². The maximum Gasteiger partial charge on any atom is 0.223 e. The van der Waals surface area contributed by atoms with Crippen molar-refractivity contribution in [1.29, 1.82) is 0 Å². The van der Waals surface area contributed by atoms with Gasteiger partial charge in [0.2, 0.25) is 17.4 Å². The zero-order valence-corrected chi connectivity index (χ0v) is 18.8. The Morgan fingerprint density at radius 1 is 1.10 bits per heavy atom. The summed E-state index contributed by atoms with van der Waals surface area (Å²) in [4.78, 5) is 29.7. The number of allylic oxidation sites excluding steroid dienone is 5. The van der Waals surface area contributed by atoms with Crippen molar-refractivity contribution in [1.82, 2.24) is 9.80 Å². The number of carbonyl (C=O) groups excluding carboxylic acids is 2. The highest BCUT2D eigenvalue weighted by Crippen LogP contribution is 2.43. The molecule has 6 nitrogen and oxygen atoms in total. The molecule has 6 heteroatoms. The number of rotatable bonds is 8. The SMILES string of the molecule is CC(C)(C1CC1)N1CCN(C(=O)CCC(=O)C2=COC=C(CC3=CC=CCC3)O2)CC1. The number of hydrogen-bond donors (Lipinski definition) is 0. The molecule has 168 valence electrons. The topological polar surface area (TPSA) is 59.1 Å². The Morgan fingerprint density at radius 3 is 2.55 bits per heavy atom. The molecule has 2 heterocycles. The van der Waals surface area contributed by atoms with Crippen LogP contribution < -0.4 is 0 Å². The van der Waals surface area contributed by atoms with Gasteiger partial charge >= 0.3 is 0 Å². The molecular weight excluding hydrogens is 392 g/mol. The van der Waals surface area contributed by atoms with Gasteiger partial charge in [0.15, 0.2) is 0 Å². The summed E-state index contributed by atoms with van der Waals surface area (Å²) in [5, 5.41) is 0. The molecule has 0 radical (unpaired) electrons. The average molecular weight is 427 g/mol. The van der Waals surface area contributed by atoms with Crippen LogP contribution in [0.5, 0.6) is 0 Å². The molecule has 0 aromatic carbocycles. The first-order valence-electron chi connectivity index (χ1n) is 11.6. The smallest absolute Gasteiger partial charge is 0.223 e. The lowest BCUT2D eigenvalue weighted by atomic mass is 9.95. The summed E-state index contributed by atoms with van der Waals surface area (Å²) in [6.07, 6.45) is 14.8. The lowest BCUT2D eigenvalue weighted by molar-refractivity contribution is -0.135. The second-order valence-corrected chi connectivity index (χ2v) is 9.49. The van der Waals surface area contributed by atoms with Crippen molar-refractivity contribution in [2.75, 3.05) is 26.2 Å². The molecule has 2 aliphatic carbocycles. The van der Waals surface area contributed by atoms with Gasteiger partial charge in [-0.15, -0.1) is 0 Å². The molecular formula is C25H34N2O4. The van der Waals surface area contributed by atoms with Crippen LogP contribution in [0.2, 0.25) is 0 Å². The second kappa shape index (κ2) is 9.43. The molecule has 0 bridgehead atoms. The maximum absolute atomic E-state index is 12.7. The molecule has 0 aromatic heterocycles. The van der Waals surface area contributed by atoms with E-state index in [0.29, 0.717) is 12.2 Å². The number of carbonyl (C=O) groups is 2. The van der Waals surface area contributed by atoms with Gasteiger partial charge in [0.1, 0.15) is 18.3 Å². The molecule has 2 fully saturated rings. The van der Waals surface area contributed by atoms with Crippen LogP contribution in [0, 0.1) is 5.92 Å². The molecule has 0 atom stereocenters. The largest absolute Gasteiger partial charge is 0.465 e. The molecule has 0 unspecified atom stereocenters. The standard InChI is InChI=1S/C25H34N2O4/c1-25(2,20-8-9-20)27-14-12-26(13-15-27)24(29)11-10-22(28)23-18-30-17-21(31-23)16-19-6-4-3-5-7-19/h3-4,6,17-18,20H,5,7-16H2,1-2H3. The van der Waals surface area contributed by atoms with Crippen LogP contribution in [0.25, 0.3) is 0 Å². The van der Waals surface area contributed by atoms with Crippen molar-refractivity contribution >= 4 is 11.7 Å². The van der Waals surface area contributed by atoms with Crippen molar-refractivity contribution in [3.8, 4) is 0 Å². The Bertz CT molecular complexity index is 824. The lowest BCUT2D eigenvalue weighted by Gasteiger charge is -2.44. The molecule has 31 heavy (non-hydrogen) atoms. The Hall–Kier alpha value is -2.34. The summed E-state index contributed by atoms with van der Waals surface area (Å²) in [7, 11) is 0. The van der Waals surface area contributed by atoms with Crippen LogP contribution in [-0.2, 0) is 19.1 Å². The molecule has 0 spiro atoms. The molecule has 0 aromatic rings. The molecule has 0 N–H and O–H groups in total. The summed E-state index contributed by atoms with van der Waals surface area (Å²) in [6, 6.07) is 0. The van der Waals surface area contributed by atoms with E-state index in [1.807, 2.05) is 11.0 Å². The summed E-state index contributed by atoms with van der Waals surface area (Å²) >= 11 is 0. The minimum Gasteiger partial charge on any atom is -0.465 e. The second-order valence-electron chi connectivity index (χ2n) is 9.49. The van der Waals surface area contributed by atoms with E-state index >= 15 is 0 Å². The predicted molar refractivity (Wildman–Crippen MR) is 119 cm³/mol. The van der Waals surface area contributed by atoms with Gasteiger partial charge < -0.3 is 14.4 Å². The van der Waals surface area contributed by atoms with E-state index in [-0.39, 0.29) is 35.8 Å². The van der Waals surface area contributed by atoms with E-state index in [9.17, 15) is 9.59 Å². The fourth-order valence-electron chi connectivity index (χ4n) is 4.67. The molecule has 1 saturated carbocycles. The Balaban J connectivity index is 1.20. The van der Waals surface area contributed by atoms with Crippen molar-refractivity contribution in [2.45, 2.75) is 64.3 Å². The first kappa shape index (κ1) is 21.9. The third kappa shape index (κ3) is 5.48. The first-order valence-corrected chi connectivity index (χ1v) is 11.6. The minimum absolute atomic E-state index is 0.0458. The van der Waals surface area contributed by atoms with Gasteiger partial charge in [-0.2, -0.15) is 0 Å². The van der Waals surface area contributed by atoms with Crippen LogP contribution in [0.3, 0.4) is 0 Å². The number of hydrogen-bond acceptors (Lipinski definition) is 5. The molecule has 1 amide bonds. The molecule has 4 aliphatic rings. The van der Waals surface area contributed by atoms with Crippen LogP contribution in [0.15, 0.2) is 47.8 Å². The number of piperazine rings is 1. The van der Waals surface area contributed by atoms with Crippen molar-refractivity contribution in [3.05, 3.63) is 47.8 Å². The molecule has 1 saturated heterocycles. The van der Waals surface area contributed by atoms with Gasteiger partial charge in [-0.05, 0) is 45.4 Å². The highest BCUT2D eigenvalue weighted by molar-refractivity contribution is 5.95. The highest BCUT2D eigenvalue weighted by atomic mass is 16.5. The zero-order valence-electron chi connectivity index (χ0n) is 18.8. The third-order valence-electron chi connectivity index (χ3n) is 6.98. The first-order chi connectivity index (χ1) is 14.9. The van der Waals surface area contributed by atoms with Crippen LogP contribution >= 0.6 is 0 Å². The lowest BCUT2D eigenvalue weighted by Crippen LogP contribution is -2.56. The van der Waals surface area contributed by atoms with E-state index in [4.69, 9.17) is 9.47 Å². The monoisotopic (exact) mass is 426 g/mol. The quantitative estimate of drug-likeness (QED) is 0.586. The van der Waals surface area contributed by atoms with Crippen LogP contribution in [0.1, 0.15) is 58.8 Å². The Labute approximate surface area is 185 Å². The molecule has 4 rings (SSSR count). The van der Waals surface area contributed by atoms with Gasteiger partial charge in [-0.1, -0.05) is 23.8 Å². The Kier molecular flexibility index (Phi) is 6.65. The summed E-state index contributed by atoms with van der Waals surface area (Å²) in [5.74, 6) is 1.47. The van der Waals surface area contributed by atoms with Crippen molar-refractivity contribution < 1.29 is 19.1 Å². The van der Waals surface area contributed by atoms with Gasteiger partial charge in [0, 0.05) is 51.0 Å². The number of ketones is 1. The van der Waals surface area contributed by atoms with E-state index in [2.05, 4.69) is 30.9 Å². The van der Waals surface area contributed by atoms with Gasteiger partial charge in [-0.25, -0.2) is 0 Å². The summed E-state index contributed by atoms with van der Waals surface area (Å²) in [5.41, 5.74) is 1.48. The van der Waals surface area contributed by atoms with Gasteiger partial charge in [0.25, 0.3) is 0 Å². The zero-order chi connectivity index (χ0) is 21.8. The van der Waals surface area contributed by atoms with Gasteiger partial charge in [0.05, 0.1) is 0 Å². The summed E-state index contributed by atoms with van der Waals surface area (Å²) < 4.78 is 11.1. The third-order valence-corrected chi connectivity index (χ3v) is 6.98. The number of nitrogens with zero attached hydrogens (tertiary/aromatic N) is 2. The average Bonchev–Trinajstić information content (AvgIpc) is 3.64. The van der Waals surface area contributed by atoms with E-state index in [1.165, 1.54) is 24.7 Å². The van der Waals surface area contributed by atoms with E-state index in [0.717, 1.165) is 44.9 Å². The van der Waals surface area contributed by atoms with E-state index in [1.54, 1.807) is 6.26 Å². The predicted octanol–water partition coefficient (Wildman–Crippen LogP) is 4.06. The fraction of sp³-hybridized carbons (Fsp3) is 0.600. The van der Waals surface area contributed by atoms with Crippen LogP contribution in [-0.4, -0.2) is 53.2 Å². The number of Topliss-reactive ketones (excluding diaryl/α,β-unsaturated/α-hetero) is 1. The Morgan fingerprint density at radius 2 is 1.87 bits per heavy atom. The molecule has 2 aliphatic heterocycles. The highest BCUT2D eigenvalue weighted by Gasteiger charge is 2.42.